The molecule has 1 aromatic heterocycles. The minimum atomic E-state index is -0.686. The minimum absolute atomic E-state index is 0.139. The molecule has 9 heteroatoms. The van der Waals surface area contributed by atoms with E-state index in [4.69, 9.17) is 16.3 Å². The van der Waals surface area contributed by atoms with Crippen molar-refractivity contribution in [1.82, 2.24) is 14.7 Å². The lowest BCUT2D eigenvalue weighted by Crippen LogP contribution is -2.22. The number of ether oxygens (including phenoxy) is 1. The fourth-order valence-electron chi connectivity index (χ4n) is 3.22. The van der Waals surface area contributed by atoms with E-state index in [9.17, 15) is 14.4 Å². The van der Waals surface area contributed by atoms with Gasteiger partial charge in [0.2, 0.25) is 0 Å². The van der Waals surface area contributed by atoms with Crippen molar-refractivity contribution in [3.8, 4) is 0 Å². The van der Waals surface area contributed by atoms with Gasteiger partial charge in [0.05, 0.1) is 12.2 Å². The van der Waals surface area contributed by atoms with Gasteiger partial charge < -0.3 is 15.0 Å². The molecule has 0 bridgehead atoms. The largest absolute Gasteiger partial charge is 0.452 e. The lowest BCUT2D eigenvalue weighted by Gasteiger charge is -2.11. The first-order valence-electron chi connectivity index (χ1n) is 10.9. The van der Waals surface area contributed by atoms with E-state index in [-0.39, 0.29) is 5.91 Å². The summed E-state index contributed by atoms with van der Waals surface area (Å²) in [6, 6.07) is 14.5. The van der Waals surface area contributed by atoms with Crippen LogP contribution in [0.2, 0.25) is 5.15 Å². The van der Waals surface area contributed by atoms with Crippen LogP contribution in [0.1, 0.15) is 32.7 Å². The Bertz CT molecular complexity index is 1250. The van der Waals surface area contributed by atoms with Crippen LogP contribution in [0.15, 0.2) is 54.6 Å². The summed E-state index contributed by atoms with van der Waals surface area (Å²) in [5, 5.41) is 7.47. The third-order valence-corrected chi connectivity index (χ3v) is 5.51. The number of amides is 2. The van der Waals surface area contributed by atoms with Crippen molar-refractivity contribution < 1.29 is 19.1 Å². The van der Waals surface area contributed by atoms with Crippen LogP contribution < -0.4 is 5.32 Å². The van der Waals surface area contributed by atoms with Crippen LogP contribution >= 0.6 is 11.6 Å². The van der Waals surface area contributed by atoms with Crippen molar-refractivity contribution in [3.05, 3.63) is 87.7 Å². The normalized spacial score (nSPS) is 10.9. The Labute approximate surface area is 209 Å². The maximum atomic E-state index is 12.1. The SMILES string of the molecule is Cc1ccc(Cn2nc(C)c(/C=C/C(=O)OCC(=O)Nc3ccc(C(=O)N(C)C)cc3)c2Cl)cc1. The van der Waals surface area contributed by atoms with E-state index < -0.39 is 18.5 Å². The second kappa shape index (κ2) is 11.5. The van der Waals surface area contributed by atoms with Crippen molar-refractivity contribution in [2.75, 3.05) is 26.0 Å². The number of hydrogen-bond donors (Lipinski definition) is 1. The van der Waals surface area contributed by atoms with E-state index >= 15 is 0 Å². The van der Waals surface area contributed by atoms with Gasteiger partial charge in [0.15, 0.2) is 6.61 Å². The van der Waals surface area contributed by atoms with E-state index in [1.807, 2.05) is 31.2 Å². The first-order chi connectivity index (χ1) is 16.6. The Hall–Kier alpha value is -3.91. The number of aromatic nitrogens is 2. The Morgan fingerprint density at radius 1 is 1.06 bits per heavy atom. The van der Waals surface area contributed by atoms with Gasteiger partial charge in [-0.1, -0.05) is 41.4 Å². The molecule has 0 fully saturated rings. The Morgan fingerprint density at radius 3 is 2.34 bits per heavy atom. The fraction of sp³-hybridized carbons (Fsp3) is 0.231. The van der Waals surface area contributed by atoms with Gasteiger partial charge in [-0.25, -0.2) is 9.48 Å². The predicted octanol–water partition coefficient (Wildman–Crippen LogP) is 4.10. The molecule has 0 aliphatic rings. The topological polar surface area (TPSA) is 93.5 Å². The molecule has 182 valence electrons. The van der Waals surface area contributed by atoms with Crippen molar-refractivity contribution in [1.29, 1.82) is 0 Å². The Kier molecular flexibility index (Phi) is 8.43. The van der Waals surface area contributed by atoms with Crippen molar-refractivity contribution >= 4 is 41.1 Å². The van der Waals surface area contributed by atoms with Gasteiger partial charge in [-0.2, -0.15) is 5.10 Å². The second-order valence-electron chi connectivity index (χ2n) is 8.20. The number of anilines is 1. The third-order valence-electron chi connectivity index (χ3n) is 5.12. The minimum Gasteiger partial charge on any atom is -0.452 e. The highest BCUT2D eigenvalue weighted by Crippen LogP contribution is 2.22. The molecule has 3 aromatic rings. The van der Waals surface area contributed by atoms with Crippen LogP contribution in [0.4, 0.5) is 5.69 Å². The first-order valence-corrected chi connectivity index (χ1v) is 11.3. The molecule has 0 aliphatic carbocycles. The predicted molar refractivity (Wildman–Crippen MR) is 135 cm³/mol. The molecule has 0 aliphatic heterocycles. The van der Waals surface area contributed by atoms with E-state index in [1.165, 1.54) is 22.6 Å². The summed E-state index contributed by atoms with van der Waals surface area (Å²) in [6.07, 6.45) is 2.73. The molecule has 35 heavy (non-hydrogen) atoms. The van der Waals surface area contributed by atoms with Crippen molar-refractivity contribution in [2.45, 2.75) is 20.4 Å². The highest BCUT2D eigenvalue weighted by molar-refractivity contribution is 6.31. The maximum absolute atomic E-state index is 12.1. The summed E-state index contributed by atoms with van der Waals surface area (Å²) >= 11 is 6.47. The van der Waals surface area contributed by atoms with Gasteiger partial charge in [0.1, 0.15) is 5.15 Å². The zero-order valence-electron chi connectivity index (χ0n) is 20.0. The summed E-state index contributed by atoms with van der Waals surface area (Å²) in [5.41, 5.74) is 4.48. The van der Waals surface area contributed by atoms with Gasteiger partial charge >= 0.3 is 5.97 Å². The Morgan fingerprint density at radius 2 is 1.71 bits per heavy atom. The van der Waals surface area contributed by atoms with E-state index in [2.05, 4.69) is 10.4 Å². The third kappa shape index (κ3) is 7.04. The summed E-state index contributed by atoms with van der Waals surface area (Å²) in [4.78, 5) is 37.6. The quantitative estimate of drug-likeness (QED) is 0.376. The molecule has 2 amide bonds. The van der Waals surface area contributed by atoms with Crippen molar-refractivity contribution in [3.63, 3.8) is 0 Å². The smallest absolute Gasteiger partial charge is 0.331 e. The lowest BCUT2D eigenvalue weighted by atomic mass is 10.1. The number of rotatable bonds is 8. The van der Waals surface area contributed by atoms with E-state index in [0.717, 1.165) is 5.56 Å². The summed E-state index contributed by atoms with van der Waals surface area (Å²) in [7, 11) is 3.32. The van der Waals surface area contributed by atoms with Crippen LogP contribution in [0.25, 0.3) is 6.08 Å². The van der Waals surface area contributed by atoms with Crippen molar-refractivity contribution in [2.24, 2.45) is 0 Å². The molecule has 0 radical (unpaired) electrons. The number of hydrogen-bond acceptors (Lipinski definition) is 5. The average molecular weight is 495 g/mol. The number of aryl methyl sites for hydroxylation is 2. The van der Waals surface area contributed by atoms with Gasteiger partial charge in [0.25, 0.3) is 11.8 Å². The van der Waals surface area contributed by atoms with Crippen LogP contribution in [0, 0.1) is 13.8 Å². The highest BCUT2D eigenvalue weighted by Gasteiger charge is 2.13. The zero-order chi connectivity index (χ0) is 25.5. The molecule has 2 aromatic carbocycles. The molecule has 0 unspecified atom stereocenters. The molecule has 3 rings (SSSR count). The van der Waals surface area contributed by atoms with Crippen LogP contribution in [-0.2, 0) is 20.9 Å². The molecule has 1 N–H and O–H groups in total. The number of halogens is 1. The first kappa shape index (κ1) is 25.7. The molecule has 0 saturated heterocycles. The monoisotopic (exact) mass is 494 g/mol. The number of carbonyl (C=O) groups is 3. The average Bonchev–Trinajstić information content (AvgIpc) is 3.09. The van der Waals surface area contributed by atoms with Gasteiger partial charge in [-0.3, -0.25) is 9.59 Å². The molecule has 0 saturated carbocycles. The molecule has 0 atom stereocenters. The molecular weight excluding hydrogens is 468 g/mol. The molecular formula is C26H27ClN4O4. The van der Waals surface area contributed by atoms with Crippen LogP contribution in [0.5, 0.6) is 0 Å². The highest BCUT2D eigenvalue weighted by atomic mass is 35.5. The van der Waals surface area contributed by atoms with E-state index in [0.29, 0.717) is 34.2 Å². The zero-order valence-corrected chi connectivity index (χ0v) is 20.8. The Balaban J connectivity index is 1.53. The standard InChI is InChI=1S/C26H27ClN4O4/c1-17-5-7-19(8-6-17)15-31-25(27)22(18(2)29-31)13-14-24(33)35-16-23(32)28-21-11-9-20(10-12-21)26(34)30(3)4/h5-14H,15-16H2,1-4H3,(H,28,32)/b14-13+. The van der Waals surface area contributed by atoms with Crippen LogP contribution in [0.3, 0.4) is 0 Å². The molecule has 0 spiro atoms. The fourth-order valence-corrected chi connectivity index (χ4v) is 3.51. The lowest BCUT2D eigenvalue weighted by molar-refractivity contribution is -0.142. The number of carbonyl (C=O) groups excluding carboxylic acids is 3. The van der Waals surface area contributed by atoms with Gasteiger partial charge in [-0.15, -0.1) is 0 Å². The number of esters is 1. The number of benzene rings is 2. The van der Waals surface area contributed by atoms with E-state index in [1.54, 1.807) is 50.0 Å². The molecule has 8 nitrogen and oxygen atoms in total. The van der Waals surface area contributed by atoms with Gasteiger partial charge in [-0.05, 0) is 49.8 Å². The van der Waals surface area contributed by atoms with Crippen LogP contribution in [-0.4, -0.2) is 53.2 Å². The number of nitrogens with one attached hydrogen (secondary N) is 1. The second-order valence-corrected chi connectivity index (χ2v) is 8.56. The summed E-state index contributed by atoms with van der Waals surface area (Å²) < 4.78 is 6.68. The maximum Gasteiger partial charge on any atom is 0.331 e. The number of nitrogens with zero attached hydrogens (tertiary/aromatic N) is 3. The summed E-state index contributed by atoms with van der Waals surface area (Å²) in [6.45, 7) is 3.87. The summed E-state index contributed by atoms with van der Waals surface area (Å²) in [5.74, 6) is -1.33. The molecule has 1 heterocycles. The van der Waals surface area contributed by atoms with Gasteiger partial charge in [0, 0.05) is 37.0 Å².